The van der Waals surface area contributed by atoms with E-state index in [4.69, 9.17) is 0 Å². The molecule has 1 rings (SSSR count). The monoisotopic (exact) mass is 231 g/mol. The molecule has 0 saturated heterocycles. The van der Waals surface area contributed by atoms with Crippen LogP contribution in [0.25, 0.3) is 0 Å². The zero-order valence-corrected chi connectivity index (χ0v) is 10.8. The van der Waals surface area contributed by atoms with Gasteiger partial charge in [-0.15, -0.1) is 0 Å². The fourth-order valence-electron chi connectivity index (χ4n) is 2.00. The van der Waals surface area contributed by atoms with Gasteiger partial charge in [0.2, 0.25) is 0 Å². The minimum atomic E-state index is 0.629. The summed E-state index contributed by atoms with van der Waals surface area (Å²) in [5.41, 5.74) is 0. The summed E-state index contributed by atoms with van der Waals surface area (Å²) in [4.78, 5) is 0. The zero-order valence-electron chi connectivity index (χ0n) is 8.99. The molecule has 2 atom stereocenters. The summed E-state index contributed by atoms with van der Waals surface area (Å²) in [6.07, 6.45) is 14.1. The lowest BCUT2D eigenvalue weighted by atomic mass is 10.0. The Bertz CT molecular complexity index is 120. The molecule has 1 radical (unpaired) electrons. The normalized spacial score (nSPS) is 33.0. The van der Waals surface area contributed by atoms with Gasteiger partial charge in [0.05, 0.1) is 0 Å². The van der Waals surface area contributed by atoms with Crippen molar-refractivity contribution in [3.05, 3.63) is 6.42 Å². The molecule has 0 aromatic rings. The highest BCUT2D eigenvalue weighted by molar-refractivity contribution is 7.81. The van der Waals surface area contributed by atoms with Crippen molar-refractivity contribution in [1.82, 2.24) is 0 Å². The lowest BCUT2D eigenvalue weighted by Crippen LogP contribution is -2.03. The van der Waals surface area contributed by atoms with Crippen molar-refractivity contribution in [3.8, 4) is 0 Å². The van der Waals surface area contributed by atoms with Gasteiger partial charge in [-0.3, -0.25) is 0 Å². The third-order valence-electron chi connectivity index (χ3n) is 2.97. The Morgan fingerprint density at radius 3 is 2.00 bits per heavy atom. The van der Waals surface area contributed by atoms with Crippen LogP contribution < -0.4 is 0 Å². The van der Waals surface area contributed by atoms with Crippen molar-refractivity contribution >= 4 is 25.3 Å². The van der Waals surface area contributed by atoms with E-state index < -0.39 is 0 Å². The van der Waals surface area contributed by atoms with Crippen molar-refractivity contribution in [2.24, 2.45) is 0 Å². The molecule has 0 N–H and O–H groups in total. The van der Waals surface area contributed by atoms with E-state index >= 15 is 0 Å². The fourth-order valence-corrected chi connectivity index (χ4v) is 2.70. The Morgan fingerprint density at radius 2 is 1.29 bits per heavy atom. The molecular weight excluding hydrogens is 208 g/mol. The summed E-state index contributed by atoms with van der Waals surface area (Å²) in [5.74, 6) is 0. The van der Waals surface area contributed by atoms with E-state index in [9.17, 15) is 0 Å². The Labute approximate surface area is 100 Å². The maximum Gasteiger partial charge on any atom is 0.00169 e. The molecule has 14 heavy (non-hydrogen) atoms. The summed E-state index contributed by atoms with van der Waals surface area (Å²) in [6.45, 7) is 0. The molecule has 0 heterocycles. The molecule has 0 bridgehead atoms. The summed E-state index contributed by atoms with van der Waals surface area (Å²) >= 11 is 9.22. The lowest BCUT2D eigenvalue weighted by Gasteiger charge is -2.14. The van der Waals surface area contributed by atoms with Crippen LogP contribution in [0.4, 0.5) is 0 Å². The second-order valence-electron chi connectivity index (χ2n) is 4.39. The van der Waals surface area contributed by atoms with Gasteiger partial charge >= 0.3 is 0 Å². The molecule has 0 aliphatic heterocycles. The Balaban J connectivity index is 2.20. The van der Waals surface area contributed by atoms with Crippen LogP contribution in [0.15, 0.2) is 0 Å². The summed E-state index contributed by atoms with van der Waals surface area (Å²) in [5, 5.41) is 1.27. The van der Waals surface area contributed by atoms with E-state index in [1.54, 1.807) is 0 Å². The van der Waals surface area contributed by atoms with Crippen molar-refractivity contribution in [1.29, 1.82) is 0 Å². The highest BCUT2D eigenvalue weighted by Gasteiger charge is 2.07. The predicted molar refractivity (Wildman–Crippen MR) is 71.4 cm³/mol. The first-order valence-electron chi connectivity index (χ1n) is 5.97. The molecule has 1 aliphatic rings. The van der Waals surface area contributed by atoms with Gasteiger partial charge in [0, 0.05) is 10.5 Å². The van der Waals surface area contributed by atoms with Gasteiger partial charge in [-0.25, -0.2) is 0 Å². The average molecular weight is 231 g/mol. The largest absolute Gasteiger partial charge is 0.176 e. The van der Waals surface area contributed by atoms with Gasteiger partial charge in [0.15, 0.2) is 0 Å². The van der Waals surface area contributed by atoms with Crippen LogP contribution in [-0.2, 0) is 0 Å². The molecular formula is C12H23S2. The molecule has 2 heteroatoms. The Morgan fingerprint density at radius 1 is 0.714 bits per heavy atom. The van der Waals surface area contributed by atoms with Crippen molar-refractivity contribution in [3.63, 3.8) is 0 Å². The first-order valence-corrected chi connectivity index (χ1v) is 7.00. The second-order valence-corrected chi connectivity index (χ2v) is 5.85. The second kappa shape index (κ2) is 7.92. The molecule has 1 fully saturated rings. The molecule has 1 aliphatic carbocycles. The Hall–Kier alpha value is 0.700. The fraction of sp³-hybridized carbons (Fsp3) is 0.917. The minimum Gasteiger partial charge on any atom is -0.176 e. The van der Waals surface area contributed by atoms with Crippen LogP contribution in [0.1, 0.15) is 57.8 Å². The smallest absolute Gasteiger partial charge is 0.00169 e. The quantitative estimate of drug-likeness (QED) is 0.570. The standard InChI is InChI=1S/C12H23S2/c13-11-7-3-1-2-4-8-12(14)10-6-5-9-11/h1,11-14H,2-10H2. The van der Waals surface area contributed by atoms with Gasteiger partial charge < -0.3 is 0 Å². The van der Waals surface area contributed by atoms with Gasteiger partial charge in [-0.2, -0.15) is 25.3 Å². The molecule has 83 valence electrons. The lowest BCUT2D eigenvalue weighted by molar-refractivity contribution is 0.554. The van der Waals surface area contributed by atoms with Crippen LogP contribution in [0, 0.1) is 6.42 Å². The van der Waals surface area contributed by atoms with E-state index in [1.165, 1.54) is 57.8 Å². The summed E-state index contributed by atoms with van der Waals surface area (Å²) in [6, 6.07) is 0. The van der Waals surface area contributed by atoms with Crippen molar-refractivity contribution < 1.29 is 0 Å². The molecule has 0 aromatic heterocycles. The van der Waals surface area contributed by atoms with Crippen LogP contribution in [0.5, 0.6) is 0 Å². The first-order chi connectivity index (χ1) is 6.79. The molecule has 0 amide bonds. The van der Waals surface area contributed by atoms with E-state index in [0.717, 1.165) is 0 Å². The van der Waals surface area contributed by atoms with Gasteiger partial charge in [-0.05, 0) is 38.5 Å². The number of hydrogen-bond donors (Lipinski definition) is 2. The maximum absolute atomic E-state index is 4.61. The predicted octanol–water partition coefficient (Wildman–Crippen LogP) is 4.31. The zero-order chi connectivity index (χ0) is 10.2. The summed E-state index contributed by atoms with van der Waals surface area (Å²) in [7, 11) is 0. The maximum atomic E-state index is 4.61. The highest BCUT2D eigenvalue weighted by atomic mass is 32.1. The topological polar surface area (TPSA) is 0 Å². The van der Waals surface area contributed by atoms with E-state index in [1.807, 2.05) is 0 Å². The molecule has 0 spiro atoms. The third kappa shape index (κ3) is 6.23. The van der Waals surface area contributed by atoms with Crippen LogP contribution in [0.3, 0.4) is 0 Å². The van der Waals surface area contributed by atoms with E-state index in [0.29, 0.717) is 10.5 Å². The SMILES string of the molecule is SC1CC[CH]CCCC(S)CCCC1. The molecule has 0 aromatic carbocycles. The first kappa shape index (κ1) is 12.8. The number of hydrogen-bond acceptors (Lipinski definition) is 2. The minimum absolute atomic E-state index is 0.629. The van der Waals surface area contributed by atoms with Crippen molar-refractivity contribution in [2.75, 3.05) is 0 Å². The van der Waals surface area contributed by atoms with Gasteiger partial charge in [0.1, 0.15) is 0 Å². The van der Waals surface area contributed by atoms with E-state index in [2.05, 4.69) is 31.7 Å². The highest BCUT2D eigenvalue weighted by Crippen LogP contribution is 2.21. The van der Waals surface area contributed by atoms with Crippen molar-refractivity contribution in [2.45, 2.75) is 68.3 Å². The molecule has 1 saturated carbocycles. The van der Waals surface area contributed by atoms with Crippen LogP contribution >= 0.6 is 25.3 Å². The average Bonchev–Trinajstić information content (AvgIpc) is 2.16. The van der Waals surface area contributed by atoms with Gasteiger partial charge in [0.25, 0.3) is 0 Å². The number of rotatable bonds is 0. The number of thiol groups is 2. The van der Waals surface area contributed by atoms with Gasteiger partial charge in [-0.1, -0.05) is 25.7 Å². The third-order valence-corrected chi connectivity index (χ3v) is 4.01. The van der Waals surface area contributed by atoms with Crippen LogP contribution in [0.2, 0.25) is 0 Å². The Kier molecular flexibility index (Phi) is 7.23. The summed E-state index contributed by atoms with van der Waals surface area (Å²) < 4.78 is 0. The van der Waals surface area contributed by atoms with E-state index in [-0.39, 0.29) is 0 Å². The van der Waals surface area contributed by atoms with Crippen LogP contribution in [-0.4, -0.2) is 10.5 Å². The molecule has 2 unspecified atom stereocenters. The molecule has 0 nitrogen and oxygen atoms in total.